The minimum absolute atomic E-state index is 0.131. The van der Waals surface area contributed by atoms with E-state index in [-0.39, 0.29) is 39.3 Å². The van der Waals surface area contributed by atoms with Gasteiger partial charge in [0.1, 0.15) is 23.4 Å². The molecule has 2 N–H and O–H groups in total. The lowest BCUT2D eigenvalue weighted by Gasteiger charge is -2.24. The Kier molecular flexibility index (Phi) is 12.3. The van der Waals surface area contributed by atoms with Gasteiger partial charge in [-0.1, -0.05) is 12.8 Å². The average molecular weight is 400 g/mol. The number of hydrogen-bond acceptors (Lipinski definition) is 8. The van der Waals surface area contributed by atoms with Crippen molar-refractivity contribution in [2.45, 2.75) is 64.2 Å². The number of aliphatic hydroxyl groups excluding tert-OH is 2. The van der Waals surface area contributed by atoms with Crippen LogP contribution in [0.25, 0.3) is 0 Å². The fraction of sp³-hybridized carbons (Fsp3) is 0.800. The molecule has 0 aliphatic heterocycles. The van der Waals surface area contributed by atoms with Crippen molar-refractivity contribution in [3.63, 3.8) is 0 Å². The molecular formula is C20H32O8. The summed E-state index contributed by atoms with van der Waals surface area (Å²) in [5.41, 5.74) is 0. The number of Topliss-reactive ketones (excluding diaryl/α,β-unsaturated/α-hetero) is 2. The Hall–Kier alpha value is -1.80. The highest BCUT2D eigenvalue weighted by Gasteiger charge is 2.43. The third kappa shape index (κ3) is 8.93. The maximum atomic E-state index is 12.2. The summed E-state index contributed by atoms with van der Waals surface area (Å²) in [6.07, 6.45) is 5.30. The molecule has 1 rings (SSSR count). The van der Waals surface area contributed by atoms with E-state index in [1.54, 1.807) is 0 Å². The van der Waals surface area contributed by atoms with Crippen LogP contribution in [-0.4, -0.2) is 60.1 Å². The maximum Gasteiger partial charge on any atom is 0.316 e. The second kappa shape index (κ2) is 14.2. The van der Waals surface area contributed by atoms with E-state index >= 15 is 0 Å². The van der Waals surface area contributed by atoms with E-state index in [2.05, 4.69) is 0 Å². The number of ketones is 2. The Bertz CT molecular complexity index is 470. The molecule has 0 aromatic carbocycles. The molecule has 8 nitrogen and oxygen atoms in total. The summed E-state index contributed by atoms with van der Waals surface area (Å²) in [5, 5.41) is 17.4. The van der Waals surface area contributed by atoms with Crippen LogP contribution < -0.4 is 0 Å². The summed E-state index contributed by atoms with van der Waals surface area (Å²) in [6, 6.07) is 0. The molecule has 0 aromatic heterocycles. The van der Waals surface area contributed by atoms with Crippen LogP contribution in [0.4, 0.5) is 0 Å². The first-order chi connectivity index (χ1) is 13.5. The molecule has 2 unspecified atom stereocenters. The van der Waals surface area contributed by atoms with E-state index < -0.39 is 35.3 Å². The molecular weight excluding hydrogens is 368 g/mol. The Morgan fingerprint density at radius 3 is 1.39 bits per heavy atom. The van der Waals surface area contributed by atoms with E-state index in [0.29, 0.717) is 25.7 Å². The Morgan fingerprint density at radius 1 is 0.679 bits per heavy atom. The van der Waals surface area contributed by atoms with E-state index in [1.165, 1.54) is 0 Å². The van der Waals surface area contributed by atoms with Gasteiger partial charge in [0, 0.05) is 26.1 Å². The second-order valence-corrected chi connectivity index (χ2v) is 7.06. The number of rotatable bonds is 14. The van der Waals surface area contributed by atoms with Gasteiger partial charge in [0.05, 0.1) is 13.2 Å². The summed E-state index contributed by atoms with van der Waals surface area (Å²) >= 11 is 0. The van der Waals surface area contributed by atoms with Crippen molar-refractivity contribution in [2.75, 3.05) is 26.4 Å². The highest BCUT2D eigenvalue weighted by molar-refractivity contribution is 6.12. The minimum atomic E-state index is -1.13. The summed E-state index contributed by atoms with van der Waals surface area (Å²) in [7, 11) is 0. The molecule has 0 spiro atoms. The third-order valence-corrected chi connectivity index (χ3v) is 4.75. The Morgan fingerprint density at radius 2 is 1.04 bits per heavy atom. The van der Waals surface area contributed by atoms with Crippen LogP contribution >= 0.6 is 0 Å². The zero-order valence-corrected chi connectivity index (χ0v) is 16.4. The van der Waals surface area contributed by atoms with Gasteiger partial charge >= 0.3 is 11.9 Å². The summed E-state index contributed by atoms with van der Waals surface area (Å²) in [4.78, 5) is 48.5. The van der Waals surface area contributed by atoms with Crippen LogP contribution in [0, 0.1) is 11.8 Å². The Labute approximate surface area is 165 Å². The standard InChI is InChI=1S/C20H32O8/c21-9-5-1-3-7-11-27-19(25)15-13-18(24)16(14-17(15)23)20(26)28-12-8-4-2-6-10-22/h15-16,21-22H,1-14H2. The van der Waals surface area contributed by atoms with Crippen molar-refractivity contribution in [1.29, 1.82) is 0 Å². The fourth-order valence-electron chi connectivity index (χ4n) is 3.03. The van der Waals surface area contributed by atoms with Gasteiger partial charge < -0.3 is 19.7 Å². The van der Waals surface area contributed by atoms with Gasteiger partial charge in [-0.2, -0.15) is 0 Å². The van der Waals surface area contributed by atoms with Crippen molar-refractivity contribution in [3.05, 3.63) is 0 Å². The van der Waals surface area contributed by atoms with Crippen molar-refractivity contribution >= 4 is 23.5 Å². The number of esters is 2. The lowest BCUT2D eigenvalue weighted by Crippen LogP contribution is -2.41. The molecule has 0 saturated heterocycles. The number of aliphatic hydroxyl groups is 2. The molecule has 0 amide bonds. The fourth-order valence-corrected chi connectivity index (χ4v) is 3.03. The van der Waals surface area contributed by atoms with Gasteiger partial charge in [-0.05, 0) is 38.5 Å². The highest BCUT2D eigenvalue weighted by Crippen LogP contribution is 2.25. The first-order valence-corrected chi connectivity index (χ1v) is 10.1. The van der Waals surface area contributed by atoms with Crippen LogP contribution in [0.15, 0.2) is 0 Å². The number of hydrogen-bond donors (Lipinski definition) is 2. The van der Waals surface area contributed by atoms with Crippen LogP contribution in [0.5, 0.6) is 0 Å². The number of carbonyl (C=O) groups is 4. The first-order valence-electron chi connectivity index (χ1n) is 10.1. The Balaban J connectivity index is 2.32. The largest absolute Gasteiger partial charge is 0.465 e. The molecule has 0 bridgehead atoms. The number of carbonyl (C=O) groups excluding carboxylic acids is 4. The zero-order chi connectivity index (χ0) is 20.8. The quantitative estimate of drug-likeness (QED) is 0.254. The molecule has 2 atom stereocenters. The third-order valence-electron chi connectivity index (χ3n) is 4.75. The van der Waals surface area contributed by atoms with Crippen molar-refractivity contribution in [2.24, 2.45) is 11.8 Å². The van der Waals surface area contributed by atoms with E-state index in [4.69, 9.17) is 19.7 Å². The SMILES string of the molecule is O=C1CC(C(=O)OCCCCCCO)C(=O)CC1C(=O)OCCCCCCO. The van der Waals surface area contributed by atoms with Crippen LogP contribution in [0.1, 0.15) is 64.2 Å². The van der Waals surface area contributed by atoms with Crippen molar-refractivity contribution < 1.29 is 38.9 Å². The van der Waals surface area contributed by atoms with E-state index in [0.717, 1.165) is 25.7 Å². The van der Waals surface area contributed by atoms with Gasteiger partial charge in [0.25, 0.3) is 0 Å². The maximum absolute atomic E-state index is 12.2. The summed E-state index contributed by atoms with van der Waals surface area (Å²) < 4.78 is 10.2. The predicted molar refractivity (Wildman–Crippen MR) is 99.3 cm³/mol. The molecule has 1 aliphatic carbocycles. The van der Waals surface area contributed by atoms with Gasteiger partial charge in [0.15, 0.2) is 0 Å². The second-order valence-electron chi connectivity index (χ2n) is 7.06. The molecule has 160 valence electrons. The van der Waals surface area contributed by atoms with Crippen LogP contribution in [0.2, 0.25) is 0 Å². The minimum Gasteiger partial charge on any atom is -0.465 e. The van der Waals surface area contributed by atoms with E-state index in [9.17, 15) is 19.2 Å². The molecule has 28 heavy (non-hydrogen) atoms. The van der Waals surface area contributed by atoms with Crippen LogP contribution in [0.3, 0.4) is 0 Å². The molecule has 0 heterocycles. The monoisotopic (exact) mass is 400 g/mol. The topological polar surface area (TPSA) is 127 Å². The normalized spacial score (nSPS) is 19.5. The smallest absolute Gasteiger partial charge is 0.316 e. The molecule has 0 radical (unpaired) electrons. The lowest BCUT2D eigenvalue weighted by molar-refractivity contribution is -0.163. The lowest BCUT2D eigenvalue weighted by atomic mass is 9.80. The molecule has 1 aliphatic rings. The predicted octanol–water partition coefficient (Wildman–Crippen LogP) is 1.34. The van der Waals surface area contributed by atoms with Crippen molar-refractivity contribution in [3.8, 4) is 0 Å². The van der Waals surface area contributed by atoms with Gasteiger partial charge in [-0.15, -0.1) is 0 Å². The molecule has 1 fully saturated rings. The first kappa shape index (κ1) is 24.2. The van der Waals surface area contributed by atoms with Gasteiger partial charge in [-0.3, -0.25) is 19.2 Å². The zero-order valence-electron chi connectivity index (χ0n) is 16.4. The molecule has 0 aromatic rings. The van der Waals surface area contributed by atoms with E-state index in [1.807, 2.05) is 0 Å². The molecule has 8 heteroatoms. The van der Waals surface area contributed by atoms with Crippen molar-refractivity contribution in [1.82, 2.24) is 0 Å². The van der Waals surface area contributed by atoms with Crippen LogP contribution in [-0.2, 0) is 28.7 Å². The number of ether oxygens (including phenoxy) is 2. The highest BCUT2D eigenvalue weighted by atomic mass is 16.5. The van der Waals surface area contributed by atoms with Gasteiger partial charge in [0.2, 0.25) is 0 Å². The summed E-state index contributed by atoms with van der Waals surface area (Å²) in [6.45, 7) is 0.603. The molecule has 1 saturated carbocycles. The number of unbranched alkanes of at least 4 members (excludes halogenated alkanes) is 6. The summed E-state index contributed by atoms with van der Waals surface area (Å²) in [5.74, 6) is -4.61. The van der Waals surface area contributed by atoms with Gasteiger partial charge in [-0.25, -0.2) is 0 Å². The average Bonchev–Trinajstić information content (AvgIpc) is 2.68.